The van der Waals surface area contributed by atoms with Crippen molar-refractivity contribution in [1.82, 2.24) is 9.62 Å². The molecule has 0 spiro atoms. The van der Waals surface area contributed by atoms with Gasteiger partial charge in [0.15, 0.2) is 0 Å². The number of carbonyl (C=O) groups excluding carboxylic acids is 1. The molecule has 0 saturated carbocycles. The molecule has 1 rings (SSSR count). The molecule has 0 bridgehead atoms. The Morgan fingerprint density at radius 1 is 1.53 bits per heavy atom. The molecular formula is C8H16N2O4S. The minimum Gasteiger partial charge on any atom is -0.448 e. The van der Waals surface area contributed by atoms with Gasteiger partial charge in [0.2, 0.25) is 10.0 Å². The highest BCUT2D eigenvalue weighted by Crippen LogP contribution is 2.01. The summed E-state index contributed by atoms with van der Waals surface area (Å²) in [6.45, 7) is 3.34. The lowest BCUT2D eigenvalue weighted by Crippen LogP contribution is -2.36. The predicted molar refractivity (Wildman–Crippen MR) is 55.0 cm³/mol. The molecule has 0 radical (unpaired) electrons. The van der Waals surface area contributed by atoms with E-state index < -0.39 is 10.0 Å². The standard InChI is InChI=1S/C8H16N2O4S/c1-2-7-15(12,13)9-3-4-10-5-6-14-8(10)11/h9H,2-7H2,1H3. The number of sulfonamides is 1. The lowest BCUT2D eigenvalue weighted by Gasteiger charge is -2.12. The summed E-state index contributed by atoms with van der Waals surface area (Å²) in [5.74, 6) is 0.122. The van der Waals surface area contributed by atoms with Crippen LogP contribution in [0.2, 0.25) is 0 Å². The molecule has 0 aromatic heterocycles. The van der Waals surface area contributed by atoms with Gasteiger partial charge in [-0.25, -0.2) is 17.9 Å². The number of nitrogens with zero attached hydrogens (tertiary/aromatic N) is 1. The van der Waals surface area contributed by atoms with E-state index >= 15 is 0 Å². The summed E-state index contributed by atoms with van der Waals surface area (Å²) in [7, 11) is -3.17. The molecule has 1 saturated heterocycles. The number of hydrogen-bond donors (Lipinski definition) is 1. The van der Waals surface area contributed by atoms with Crippen molar-refractivity contribution in [3.8, 4) is 0 Å². The number of rotatable bonds is 6. The van der Waals surface area contributed by atoms with Crippen molar-refractivity contribution < 1.29 is 17.9 Å². The molecule has 1 aliphatic heterocycles. The van der Waals surface area contributed by atoms with Crippen LogP contribution in [-0.2, 0) is 14.8 Å². The van der Waals surface area contributed by atoms with Crippen molar-refractivity contribution in [2.24, 2.45) is 0 Å². The lowest BCUT2D eigenvalue weighted by molar-refractivity contribution is 0.159. The number of hydrogen-bond acceptors (Lipinski definition) is 4. The molecule has 0 aromatic carbocycles. The van der Waals surface area contributed by atoms with Crippen molar-refractivity contribution in [1.29, 1.82) is 0 Å². The van der Waals surface area contributed by atoms with E-state index in [2.05, 4.69) is 4.72 Å². The fourth-order valence-corrected chi connectivity index (χ4v) is 2.39. The molecule has 1 amide bonds. The Bertz CT molecular complexity index is 315. The van der Waals surface area contributed by atoms with Gasteiger partial charge in [-0.3, -0.25) is 0 Å². The Balaban J connectivity index is 2.24. The number of cyclic esters (lactones) is 1. The molecule has 88 valence electrons. The third-order valence-electron chi connectivity index (χ3n) is 2.02. The summed E-state index contributed by atoms with van der Waals surface area (Å²) in [6, 6.07) is 0. The molecule has 0 atom stereocenters. The van der Waals surface area contributed by atoms with Gasteiger partial charge in [0.1, 0.15) is 6.61 Å². The second-order valence-corrected chi connectivity index (χ2v) is 5.24. The van der Waals surface area contributed by atoms with Crippen LogP contribution in [0.15, 0.2) is 0 Å². The van der Waals surface area contributed by atoms with E-state index in [4.69, 9.17) is 4.74 Å². The minimum atomic E-state index is -3.17. The predicted octanol–water partition coefficient (Wildman–Crippen LogP) is -0.232. The number of carbonyl (C=O) groups is 1. The first-order valence-corrected chi connectivity index (χ1v) is 6.59. The van der Waals surface area contributed by atoms with Gasteiger partial charge >= 0.3 is 6.09 Å². The number of nitrogens with one attached hydrogen (secondary N) is 1. The van der Waals surface area contributed by atoms with Crippen molar-refractivity contribution in [3.63, 3.8) is 0 Å². The average molecular weight is 236 g/mol. The van der Waals surface area contributed by atoms with Gasteiger partial charge in [-0.1, -0.05) is 6.92 Å². The van der Waals surface area contributed by atoms with Crippen LogP contribution in [-0.4, -0.2) is 51.4 Å². The molecular weight excluding hydrogens is 220 g/mol. The monoisotopic (exact) mass is 236 g/mol. The highest BCUT2D eigenvalue weighted by molar-refractivity contribution is 7.89. The summed E-state index contributed by atoms with van der Waals surface area (Å²) in [5.41, 5.74) is 0. The molecule has 15 heavy (non-hydrogen) atoms. The smallest absolute Gasteiger partial charge is 0.409 e. The van der Waals surface area contributed by atoms with E-state index in [0.29, 0.717) is 26.1 Å². The summed E-state index contributed by atoms with van der Waals surface area (Å²) in [5, 5.41) is 0. The Kier molecular flexibility index (Phi) is 4.34. The highest BCUT2D eigenvalue weighted by Gasteiger charge is 2.21. The minimum absolute atomic E-state index is 0.122. The molecule has 1 fully saturated rings. The topological polar surface area (TPSA) is 75.7 Å². The van der Waals surface area contributed by atoms with Gasteiger partial charge in [0.05, 0.1) is 12.3 Å². The largest absolute Gasteiger partial charge is 0.448 e. The second-order valence-electron chi connectivity index (χ2n) is 3.31. The van der Waals surface area contributed by atoms with E-state index in [1.54, 1.807) is 6.92 Å². The normalized spacial score (nSPS) is 16.9. The maximum absolute atomic E-state index is 11.2. The van der Waals surface area contributed by atoms with Gasteiger partial charge in [-0.05, 0) is 6.42 Å². The van der Waals surface area contributed by atoms with E-state index in [9.17, 15) is 13.2 Å². The number of ether oxygens (including phenoxy) is 1. The van der Waals surface area contributed by atoms with Crippen LogP contribution in [0.25, 0.3) is 0 Å². The second kappa shape index (κ2) is 5.32. The SMILES string of the molecule is CCCS(=O)(=O)NCCN1CCOC1=O. The zero-order chi connectivity index (χ0) is 11.3. The van der Waals surface area contributed by atoms with Crippen LogP contribution in [0.3, 0.4) is 0 Å². The first-order valence-electron chi connectivity index (χ1n) is 4.94. The van der Waals surface area contributed by atoms with Crippen LogP contribution in [0, 0.1) is 0 Å². The van der Waals surface area contributed by atoms with Gasteiger partial charge in [-0.15, -0.1) is 0 Å². The molecule has 1 aliphatic rings. The molecule has 6 nitrogen and oxygen atoms in total. The molecule has 1 heterocycles. The fraction of sp³-hybridized carbons (Fsp3) is 0.875. The molecule has 0 unspecified atom stereocenters. The van der Waals surface area contributed by atoms with E-state index in [1.807, 2.05) is 0 Å². The molecule has 7 heteroatoms. The van der Waals surface area contributed by atoms with E-state index in [1.165, 1.54) is 4.90 Å². The molecule has 1 N–H and O–H groups in total. The number of amides is 1. The first-order chi connectivity index (χ1) is 7.05. The molecule has 0 aliphatic carbocycles. The summed E-state index contributed by atoms with van der Waals surface area (Å²) >= 11 is 0. The zero-order valence-electron chi connectivity index (χ0n) is 8.73. The van der Waals surface area contributed by atoms with Gasteiger partial charge in [0.25, 0.3) is 0 Å². The van der Waals surface area contributed by atoms with Crippen LogP contribution in [0.4, 0.5) is 4.79 Å². The lowest BCUT2D eigenvalue weighted by atomic mass is 10.5. The van der Waals surface area contributed by atoms with Crippen molar-refractivity contribution >= 4 is 16.1 Å². The average Bonchev–Trinajstić information content (AvgIpc) is 2.51. The Labute approximate surface area is 89.6 Å². The summed E-state index contributed by atoms with van der Waals surface area (Å²) in [4.78, 5) is 12.5. The van der Waals surface area contributed by atoms with Crippen molar-refractivity contribution in [2.75, 3.05) is 32.0 Å². The Morgan fingerprint density at radius 3 is 2.80 bits per heavy atom. The zero-order valence-corrected chi connectivity index (χ0v) is 9.55. The van der Waals surface area contributed by atoms with Gasteiger partial charge < -0.3 is 9.64 Å². The van der Waals surface area contributed by atoms with Crippen LogP contribution < -0.4 is 4.72 Å². The summed E-state index contributed by atoms with van der Waals surface area (Å²) < 4.78 is 29.6. The molecule has 0 aromatic rings. The van der Waals surface area contributed by atoms with Crippen LogP contribution in [0.5, 0.6) is 0 Å². The Morgan fingerprint density at radius 2 is 2.27 bits per heavy atom. The van der Waals surface area contributed by atoms with E-state index in [0.717, 1.165) is 0 Å². The van der Waals surface area contributed by atoms with Gasteiger partial charge in [0, 0.05) is 13.1 Å². The maximum Gasteiger partial charge on any atom is 0.409 e. The summed E-state index contributed by atoms with van der Waals surface area (Å²) in [6.07, 6.45) is 0.214. The van der Waals surface area contributed by atoms with Crippen molar-refractivity contribution in [2.45, 2.75) is 13.3 Å². The third-order valence-corrected chi connectivity index (χ3v) is 3.61. The van der Waals surface area contributed by atoms with Crippen LogP contribution in [0.1, 0.15) is 13.3 Å². The maximum atomic E-state index is 11.2. The first kappa shape index (κ1) is 12.3. The van der Waals surface area contributed by atoms with Crippen molar-refractivity contribution in [3.05, 3.63) is 0 Å². The van der Waals surface area contributed by atoms with Crippen LogP contribution >= 0.6 is 0 Å². The fourth-order valence-electron chi connectivity index (χ4n) is 1.31. The van der Waals surface area contributed by atoms with E-state index in [-0.39, 0.29) is 18.4 Å². The highest BCUT2D eigenvalue weighted by atomic mass is 32.2. The quantitative estimate of drug-likeness (QED) is 0.691. The van der Waals surface area contributed by atoms with Gasteiger partial charge in [-0.2, -0.15) is 0 Å². The Hall–Kier alpha value is -0.820. The third kappa shape index (κ3) is 4.05.